The Morgan fingerprint density at radius 3 is 2.46 bits per heavy atom. The molecular weight excluding hydrogens is 346 g/mol. The highest BCUT2D eigenvalue weighted by atomic mass is 15.4. The summed E-state index contributed by atoms with van der Waals surface area (Å²) in [4.78, 5) is 8.94. The van der Waals surface area contributed by atoms with E-state index in [1.165, 1.54) is 27.9 Å². The van der Waals surface area contributed by atoms with Crippen molar-refractivity contribution in [3.8, 4) is 22.4 Å². The van der Waals surface area contributed by atoms with Gasteiger partial charge in [-0.3, -0.25) is 9.67 Å². The monoisotopic (exact) mass is 367 g/mol. The standard InChI is InChI=1S/C23H21N5/c1-15-27(3)22-9-8-17(11-23(22)28(15)4)19-7-5-6-16-10-21(24-13-20(16)19)18-12-25-26(2)14-18/h5-14H,1H2,2-4H3. The molecule has 1 aliphatic rings. The number of aryl methyl sites for hydroxylation is 1. The topological polar surface area (TPSA) is 37.2 Å². The van der Waals surface area contributed by atoms with Gasteiger partial charge in [0.05, 0.1) is 23.3 Å². The third-order valence-corrected chi connectivity index (χ3v) is 5.55. The minimum absolute atomic E-state index is 0.935. The van der Waals surface area contributed by atoms with Crippen molar-refractivity contribution in [2.24, 2.45) is 7.05 Å². The first-order chi connectivity index (χ1) is 13.5. The van der Waals surface area contributed by atoms with Gasteiger partial charge >= 0.3 is 0 Å². The SMILES string of the molecule is C=C1N(C)c2ccc(-c3cccc4cc(-c5cnn(C)c5)ncc34)cc2N1C. The van der Waals surface area contributed by atoms with E-state index in [0.29, 0.717) is 0 Å². The molecule has 0 amide bonds. The predicted octanol–water partition coefficient (Wildman–Crippen LogP) is 4.66. The number of hydrogen-bond donors (Lipinski definition) is 0. The Bertz CT molecular complexity index is 1240. The van der Waals surface area contributed by atoms with Crippen molar-refractivity contribution in [2.45, 2.75) is 0 Å². The van der Waals surface area contributed by atoms with Gasteiger partial charge in [0.25, 0.3) is 0 Å². The van der Waals surface area contributed by atoms with Gasteiger partial charge in [-0.2, -0.15) is 5.10 Å². The molecule has 5 rings (SSSR count). The lowest BCUT2D eigenvalue weighted by Gasteiger charge is -2.15. The first kappa shape index (κ1) is 16.6. The highest BCUT2D eigenvalue weighted by Crippen LogP contribution is 2.42. The summed E-state index contributed by atoms with van der Waals surface area (Å²) in [6, 6.07) is 15.1. The van der Waals surface area contributed by atoms with Crippen LogP contribution in [0.15, 0.2) is 73.5 Å². The number of benzene rings is 2. The van der Waals surface area contributed by atoms with Gasteiger partial charge in [0.2, 0.25) is 0 Å². The van der Waals surface area contributed by atoms with E-state index in [1.54, 1.807) is 4.68 Å². The van der Waals surface area contributed by atoms with Gasteiger partial charge in [-0.05, 0) is 34.7 Å². The van der Waals surface area contributed by atoms with E-state index in [2.05, 4.69) is 71.0 Å². The fourth-order valence-electron chi connectivity index (χ4n) is 3.88. The lowest BCUT2D eigenvalue weighted by atomic mass is 9.98. The van der Waals surface area contributed by atoms with Crippen LogP contribution in [-0.2, 0) is 7.05 Å². The van der Waals surface area contributed by atoms with Crippen molar-refractivity contribution < 1.29 is 0 Å². The first-order valence-electron chi connectivity index (χ1n) is 9.21. The lowest BCUT2D eigenvalue weighted by molar-refractivity contribution is 0.768. The molecule has 0 aliphatic carbocycles. The minimum atomic E-state index is 0.935. The van der Waals surface area contributed by atoms with E-state index in [1.807, 2.05) is 32.7 Å². The fraction of sp³-hybridized carbons (Fsp3) is 0.130. The number of aromatic nitrogens is 3. The van der Waals surface area contributed by atoms with Gasteiger partial charge in [-0.15, -0.1) is 0 Å². The van der Waals surface area contributed by atoms with E-state index in [9.17, 15) is 0 Å². The Morgan fingerprint density at radius 1 is 0.857 bits per heavy atom. The second-order valence-corrected chi connectivity index (χ2v) is 7.24. The van der Waals surface area contributed by atoms with Crippen molar-refractivity contribution in [3.05, 3.63) is 73.5 Å². The van der Waals surface area contributed by atoms with E-state index < -0.39 is 0 Å². The maximum atomic E-state index is 4.70. The van der Waals surface area contributed by atoms with Crippen LogP contribution in [0.2, 0.25) is 0 Å². The summed E-state index contributed by atoms with van der Waals surface area (Å²) in [7, 11) is 6.02. The molecule has 1 aliphatic heterocycles. The summed E-state index contributed by atoms with van der Waals surface area (Å²) in [6.45, 7) is 4.16. The van der Waals surface area contributed by atoms with Crippen LogP contribution in [0.5, 0.6) is 0 Å². The fourth-order valence-corrected chi connectivity index (χ4v) is 3.88. The van der Waals surface area contributed by atoms with Crippen LogP contribution in [0.4, 0.5) is 11.4 Å². The Labute approximate surface area is 164 Å². The van der Waals surface area contributed by atoms with Crippen LogP contribution in [0, 0.1) is 0 Å². The van der Waals surface area contributed by atoms with Gasteiger partial charge in [0, 0.05) is 44.5 Å². The van der Waals surface area contributed by atoms with Crippen molar-refractivity contribution >= 4 is 22.1 Å². The zero-order chi connectivity index (χ0) is 19.4. The molecule has 0 bridgehead atoms. The maximum absolute atomic E-state index is 4.70. The summed E-state index contributed by atoms with van der Waals surface area (Å²) >= 11 is 0. The average molecular weight is 367 g/mol. The summed E-state index contributed by atoms with van der Waals surface area (Å²) in [5, 5.41) is 6.56. The van der Waals surface area contributed by atoms with Crippen molar-refractivity contribution in [2.75, 3.05) is 23.9 Å². The van der Waals surface area contributed by atoms with E-state index in [0.717, 1.165) is 22.5 Å². The Morgan fingerprint density at radius 2 is 1.68 bits per heavy atom. The molecule has 3 heterocycles. The molecule has 0 fully saturated rings. The third kappa shape index (κ3) is 2.40. The molecule has 0 unspecified atom stereocenters. The largest absolute Gasteiger partial charge is 0.330 e. The molecule has 0 atom stereocenters. The highest BCUT2D eigenvalue weighted by molar-refractivity contribution is 5.99. The van der Waals surface area contributed by atoms with Crippen LogP contribution < -0.4 is 9.80 Å². The van der Waals surface area contributed by atoms with Crippen molar-refractivity contribution in [3.63, 3.8) is 0 Å². The first-order valence-corrected chi connectivity index (χ1v) is 9.21. The highest BCUT2D eigenvalue weighted by Gasteiger charge is 2.24. The van der Waals surface area contributed by atoms with Crippen molar-refractivity contribution in [1.29, 1.82) is 0 Å². The molecule has 2 aromatic carbocycles. The molecule has 0 saturated carbocycles. The zero-order valence-corrected chi connectivity index (χ0v) is 16.2. The molecule has 0 saturated heterocycles. The molecular formula is C23H21N5. The third-order valence-electron chi connectivity index (χ3n) is 5.55. The van der Waals surface area contributed by atoms with Gasteiger partial charge in [0.1, 0.15) is 5.82 Å². The number of pyridine rings is 1. The van der Waals surface area contributed by atoms with Crippen LogP contribution >= 0.6 is 0 Å². The van der Waals surface area contributed by atoms with Crippen LogP contribution in [0.1, 0.15) is 0 Å². The lowest BCUT2D eigenvalue weighted by Crippen LogP contribution is -2.20. The molecule has 0 N–H and O–H groups in total. The second-order valence-electron chi connectivity index (χ2n) is 7.24. The van der Waals surface area contributed by atoms with Crippen LogP contribution in [0.3, 0.4) is 0 Å². The summed E-state index contributed by atoms with van der Waals surface area (Å²) in [5.74, 6) is 0.979. The molecule has 0 spiro atoms. The number of nitrogens with zero attached hydrogens (tertiary/aromatic N) is 5. The molecule has 5 heteroatoms. The summed E-state index contributed by atoms with van der Waals surface area (Å²) in [6.07, 6.45) is 5.80. The smallest absolute Gasteiger partial charge is 0.105 e. The van der Waals surface area contributed by atoms with E-state index >= 15 is 0 Å². The normalized spacial score (nSPS) is 13.5. The quantitative estimate of drug-likeness (QED) is 0.516. The number of fused-ring (bicyclic) bond motifs is 2. The Hall–Kier alpha value is -3.60. The van der Waals surface area contributed by atoms with Gasteiger partial charge in [-0.25, -0.2) is 0 Å². The van der Waals surface area contributed by atoms with Crippen molar-refractivity contribution in [1.82, 2.24) is 14.8 Å². The van der Waals surface area contributed by atoms with Gasteiger partial charge < -0.3 is 9.80 Å². The van der Waals surface area contributed by atoms with Crippen LogP contribution in [0.25, 0.3) is 33.2 Å². The molecule has 28 heavy (non-hydrogen) atoms. The molecule has 5 nitrogen and oxygen atoms in total. The predicted molar refractivity (Wildman–Crippen MR) is 115 cm³/mol. The summed E-state index contributed by atoms with van der Waals surface area (Å²) < 4.78 is 1.80. The van der Waals surface area contributed by atoms with Gasteiger partial charge in [-0.1, -0.05) is 30.8 Å². The molecule has 0 radical (unpaired) electrons. The van der Waals surface area contributed by atoms with E-state index in [-0.39, 0.29) is 0 Å². The zero-order valence-electron chi connectivity index (χ0n) is 16.2. The van der Waals surface area contributed by atoms with Gasteiger partial charge in [0.15, 0.2) is 0 Å². The number of rotatable bonds is 2. The molecule has 2 aromatic heterocycles. The Kier molecular flexibility index (Phi) is 3.52. The maximum Gasteiger partial charge on any atom is 0.105 e. The van der Waals surface area contributed by atoms with E-state index in [4.69, 9.17) is 4.98 Å². The number of anilines is 2. The molecule has 138 valence electrons. The number of hydrogen-bond acceptors (Lipinski definition) is 4. The Balaban J connectivity index is 1.63. The summed E-state index contributed by atoms with van der Waals surface area (Å²) in [5.41, 5.74) is 6.66. The molecule has 4 aromatic rings. The van der Waals surface area contributed by atoms with Crippen LogP contribution in [-0.4, -0.2) is 28.9 Å². The second kappa shape index (κ2) is 5.96. The average Bonchev–Trinajstić information content (AvgIpc) is 3.25. The minimum Gasteiger partial charge on any atom is -0.330 e.